The predicted molar refractivity (Wildman–Crippen MR) is 89.6 cm³/mol. The Balaban J connectivity index is 2.04. The van der Waals surface area contributed by atoms with Gasteiger partial charge in [0, 0.05) is 12.3 Å². The quantitative estimate of drug-likeness (QED) is 0.920. The fraction of sp³-hybridized carbons (Fsp3) is 0.353. The summed E-state index contributed by atoms with van der Waals surface area (Å²) < 4.78 is 22.8. The fourth-order valence-corrected chi connectivity index (χ4v) is 2.78. The van der Waals surface area contributed by atoms with Crippen molar-refractivity contribution in [2.45, 2.75) is 31.6 Å². The zero-order valence-corrected chi connectivity index (χ0v) is 13.9. The molecule has 1 amide bonds. The summed E-state index contributed by atoms with van der Waals surface area (Å²) in [5.74, 6) is -0.448. The second kappa shape index (κ2) is 6.48. The lowest BCUT2D eigenvalue weighted by atomic mass is 10.0. The number of carbonyl (C=O) groups is 1. The monoisotopic (exact) mass is 319 g/mol. The van der Waals surface area contributed by atoms with Crippen LogP contribution in [0.3, 0.4) is 0 Å². The van der Waals surface area contributed by atoms with Crippen molar-refractivity contribution in [1.82, 2.24) is 5.32 Å². The molecule has 0 aliphatic carbocycles. The second-order valence-electron chi connectivity index (χ2n) is 5.77. The van der Waals surface area contributed by atoms with E-state index in [1.54, 1.807) is 0 Å². The van der Waals surface area contributed by atoms with Crippen molar-refractivity contribution in [3.8, 4) is 0 Å². The lowest BCUT2D eigenvalue weighted by Crippen LogP contribution is -2.42. The lowest BCUT2D eigenvalue weighted by molar-refractivity contribution is -0.121. The van der Waals surface area contributed by atoms with E-state index < -0.39 is 21.0 Å². The molecule has 2 unspecified atom stereocenters. The van der Waals surface area contributed by atoms with Crippen LogP contribution in [-0.4, -0.2) is 31.9 Å². The molecular formula is C17H21NO3S. The number of amides is 1. The normalized spacial score (nSPS) is 14.5. The molecule has 5 heteroatoms. The summed E-state index contributed by atoms with van der Waals surface area (Å²) in [5.41, 5.74) is 1.11. The van der Waals surface area contributed by atoms with Crippen molar-refractivity contribution in [3.05, 3.63) is 48.0 Å². The van der Waals surface area contributed by atoms with E-state index in [9.17, 15) is 13.2 Å². The lowest BCUT2D eigenvalue weighted by Gasteiger charge is -2.17. The van der Waals surface area contributed by atoms with Crippen molar-refractivity contribution in [2.24, 2.45) is 0 Å². The minimum atomic E-state index is -3.36. The number of fused-ring (bicyclic) bond motifs is 1. The largest absolute Gasteiger partial charge is 0.352 e. The summed E-state index contributed by atoms with van der Waals surface area (Å²) in [4.78, 5) is 11.9. The average molecular weight is 319 g/mol. The van der Waals surface area contributed by atoms with Crippen LogP contribution in [0.4, 0.5) is 0 Å². The molecule has 0 bridgehead atoms. The van der Waals surface area contributed by atoms with Crippen LogP contribution >= 0.6 is 0 Å². The van der Waals surface area contributed by atoms with Gasteiger partial charge >= 0.3 is 0 Å². The highest BCUT2D eigenvalue weighted by Gasteiger charge is 2.24. The second-order valence-corrected chi connectivity index (χ2v) is 8.13. The third-order valence-electron chi connectivity index (χ3n) is 3.76. The highest BCUT2D eigenvalue weighted by atomic mass is 32.2. The van der Waals surface area contributed by atoms with Gasteiger partial charge in [0.1, 0.15) is 5.25 Å². The molecule has 0 fully saturated rings. The van der Waals surface area contributed by atoms with E-state index in [-0.39, 0.29) is 6.04 Å². The minimum Gasteiger partial charge on any atom is -0.352 e. The first-order valence-corrected chi connectivity index (χ1v) is 9.20. The highest BCUT2D eigenvalue weighted by molar-refractivity contribution is 7.92. The van der Waals surface area contributed by atoms with Crippen molar-refractivity contribution in [3.63, 3.8) is 0 Å². The summed E-state index contributed by atoms with van der Waals surface area (Å²) in [6, 6.07) is 14.1. The summed E-state index contributed by atoms with van der Waals surface area (Å²) in [7, 11) is -3.36. The van der Waals surface area contributed by atoms with Gasteiger partial charge in [-0.3, -0.25) is 4.79 Å². The molecule has 2 atom stereocenters. The third kappa shape index (κ3) is 4.07. The highest BCUT2D eigenvalue weighted by Crippen LogP contribution is 2.16. The molecule has 0 radical (unpaired) electrons. The number of hydrogen-bond acceptors (Lipinski definition) is 3. The SMILES string of the molecule is CC(Cc1ccc2ccccc2c1)NC(=O)C(C)S(C)(=O)=O. The predicted octanol–water partition coefficient (Wildman–Crippen LogP) is 2.32. The third-order valence-corrected chi connectivity index (χ3v) is 5.25. The molecule has 0 heterocycles. The zero-order chi connectivity index (χ0) is 16.3. The fourth-order valence-electron chi connectivity index (χ4n) is 2.32. The molecule has 0 saturated carbocycles. The van der Waals surface area contributed by atoms with Crippen LogP contribution in [0.5, 0.6) is 0 Å². The molecule has 2 rings (SSSR count). The Kier molecular flexibility index (Phi) is 4.86. The minimum absolute atomic E-state index is 0.127. The standard InChI is InChI=1S/C17H21NO3S/c1-12(18-17(19)13(2)22(3,20)21)10-14-8-9-15-6-4-5-7-16(15)11-14/h4-9,11-13H,10H2,1-3H3,(H,18,19). The smallest absolute Gasteiger partial charge is 0.238 e. The van der Waals surface area contributed by atoms with Gasteiger partial charge in [-0.05, 0) is 36.6 Å². The number of hydrogen-bond donors (Lipinski definition) is 1. The van der Waals surface area contributed by atoms with Gasteiger partial charge in [-0.1, -0.05) is 42.5 Å². The van der Waals surface area contributed by atoms with Gasteiger partial charge in [-0.15, -0.1) is 0 Å². The Morgan fingerprint density at radius 2 is 1.73 bits per heavy atom. The van der Waals surface area contributed by atoms with Gasteiger partial charge in [0.25, 0.3) is 0 Å². The Bertz CT molecular complexity index is 783. The number of carbonyl (C=O) groups excluding carboxylic acids is 1. The first kappa shape index (κ1) is 16.5. The molecular weight excluding hydrogens is 298 g/mol. The molecule has 4 nitrogen and oxygen atoms in total. The van der Waals surface area contributed by atoms with Crippen LogP contribution in [0.15, 0.2) is 42.5 Å². The average Bonchev–Trinajstić information content (AvgIpc) is 2.45. The molecule has 2 aromatic rings. The van der Waals surface area contributed by atoms with Gasteiger partial charge < -0.3 is 5.32 Å². The topological polar surface area (TPSA) is 63.2 Å². The van der Waals surface area contributed by atoms with Crippen molar-refractivity contribution < 1.29 is 13.2 Å². The van der Waals surface area contributed by atoms with Gasteiger partial charge in [0.05, 0.1) is 0 Å². The maximum absolute atomic E-state index is 11.9. The maximum atomic E-state index is 11.9. The van der Waals surface area contributed by atoms with E-state index in [0.29, 0.717) is 6.42 Å². The van der Waals surface area contributed by atoms with Crippen LogP contribution in [0.1, 0.15) is 19.4 Å². The molecule has 0 saturated heterocycles. The van der Waals surface area contributed by atoms with Crippen molar-refractivity contribution in [2.75, 3.05) is 6.26 Å². The van der Waals surface area contributed by atoms with Crippen LogP contribution in [0, 0.1) is 0 Å². The Morgan fingerprint density at radius 1 is 1.09 bits per heavy atom. The Labute approximate surface area is 131 Å². The van der Waals surface area contributed by atoms with E-state index in [2.05, 4.69) is 23.5 Å². The van der Waals surface area contributed by atoms with Crippen molar-refractivity contribution >= 4 is 26.5 Å². The maximum Gasteiger partial charge on any atom is 0.238 e. The first-order chi connectivity index (χ1) is 10.3. The molecule has 0 aliphatic rings. The van der Waals surface area contributed by atoms with E-state index >= 15 is 0 Å². The van der Waals surface area contributed by atoms with Gasteiger partial charge in [0.15, 0.2) is 9.84 Å². The molecule has 0 aliphatic heterocycles. The molecule has 118 valence electrons. The van der Waals surface area contributed by atoms with Crippen LogP contribution in [0.2, 0.25) is 0 Å². The van der Waals surface area contributed by atoms with E-state index in [1.165, 1.54) is 12.3 Å². The van der Waals surface area contributed by atoms with Crippen LogP contribution < -0.4 is 5.32 Å². The van der Waals surface area contributed by atoms with E-state index in [1.807, 2.05) is 31.2 Å². The molecule has 0 spiro atoms. The van der Waals surface area contributed by atoms with Gasteiger partial charge in [-0.2, -0.15) is 0 Å². The molecule has 0 aromatic heterocycles. The molecule has 22 heavy (non-hydrogen) atoms. The van der Waals surface area contributed by atoms with Crippen LogP contribution in [-0.2, 0) is 21.1 Å². The number of nitrogens with one attached hydrogen (secondary N) is 1. The summed E-state index contributed by atoms with van der Waals surface area (Å²) in [5, 5.41) is 4.07. The zero-order valence-electron chi connectivity index (χ0n) is 13.0. The van der Waals surface area contributed by atoms with Gasteiger partial charge in [-0.25, -0.2) is 8.42 Å². The summed E-state index contributed by atoms with van der Waals surface area (Å²) >= 11 is 0. The first-order valence-electron chi connectivity index (χ1n) is 7.24. The Morgan fingerprint density at radius 3 is 2.36 bits per heavy atom. The number of rotatable bonds is 5. The molecule has 1 N–H and O–H groups in total. The van der Waals surface area contributed by atoms with E-state index in [0.717, 1.165) is 17.2 Å². The van der Waals surface area contributed by atoms with Crippen LogP contribution in [0.25, 0.3) is 10.8 Å². The summed E-state index contributed by atoms with van der Waals surface area (Å²) in [6.07, 6.45) is 1.73. The summed E-state index contributed by atoms with van der Waals surface area (Å²) in [6.45, 7) is 3.29. The van der Waals surface area contributed by atoms with Gasteiger partial charge in [0.2, 0.25) is 5.91 Å². The Hall–Kier alpha value is -1.88. The molecule has 2 aromatic carbocycles. The number of sulfone groups is 1. The van der Waals surface area contributed by atoms with E-state index in [4.69, 9.17) is 0 Å². The van der Waals surface area contributed by atoms with Crippen molar-refractivity contribution in [1.29, 1.82) is 0 Å². The number of benzene rings is 2.